The van der Waals surface area contributed by atoms with Crippen LogP contribution in [0.25, 0.3) is 0 Å². The first-order valence-electron chi connectivity index (χ1n) is 8.22. The summed E-state index contributed by atoms with van der Waals surface area (Å²) in [4.78, 5) is 16.1. The highest BCUT2D eigenvalue weighted by Crippen LogP contribution is 2.36. The highest BCUT2D eigenvalue weighted by atomic mass is 32.2. The van der Waals surface area contributed by atoms with Gasteiger partial charge in [0.05, 0.1) is 24.0 Å². The molecule has 2 fully saturated rings. The van der Waals surface area contributed by atoms with Gasteiger partial charge in [-0.05, 0) is 26.2 Å². The van der Waals surface area contributed by atoms with E-state index in [0.29, 0.717) is 19.7 Å². The van der Waals surface area contributed by atoms with Crippen molar-refractivity contribution in [3.05, 3.63) is 30.3 Å². The maximum absolute atomic E-state index is 12.4. The van der Waals surface area contributed by atoms with Gasteiger partial charge in [-0.1, -0.05) is 18.2 Å². The first kappa shape index (κ1) is 17.2. The van der Waals surface area contributed by atoms with E-state index in [9.17, 15) is 13.2 Å². The zero-order valence-electron chi connectivity index (χ0n) is 14.1. The molecule has 0 N–H and O–H groups in total. The Kier molecular flexibility index (Phi) is 4.83. The number of ether oxygens (including phenoxy) is 1. The topological polar surface area (TPSA) is 66.9 Å². The predicted molar refractivity (Wildman–Crippen MR) is 91.7 cm³/mol. The predicted octanol–water partition coefficient (Wildman–Crippen LogP) is 0.641. The standard InChI is InChI=1S/C17H24N2O4S/c1-18(2)15-12-24(21,22)16-11-19(10-14(15)16)17(20)8-9-23-13-6-4-3-5-7-13/h3-7,14-16H,8-12H2,1-2H3/t14-,15+,16-/m0/s1. The van der Waals surface area contributed by atoms with Gasteiger partial charge in [0.15, 0.2) is 9.84 Å². The van der Waals surface area contributed by atoms with Crippen LogP contribution in [-0.2, 0) is 14.6 Å². The summed E-state index contributed by atoms with van der Waals surface area (Å²) in [5.41, 5.74) is 0. The molecule has 0 spiro atoms. The first-order chi connectivity index (χ1) is 11.4. The van der Waals surface area contributed by atoms with Crippen molar-refractivity contribution in [3.8, 4) is 5.75 Å². The average Bonchev–Trinajstić information content (AvgIpc) is 3.08. The molecule has 6 nitrogen and oxygen atoms in total. The van der Waals surface area contributed by atoms with Gasteiger partial charge in [0.25, 0.3) is 0 Å². The monoisotopic (exact) mass is 352 g/mol. The number of carbonyl (C=O) groups is 1. The lowest BCUT2D eigenvalue weighted by atomic mass is 10.00. The summed E-state index contributed by atoms with van der Waals surface area (Å²) in [6.07, 6.45) is 0.265. The molecule has 3 atom stereocenters. The van der Waals surface area contributed by atoms with Crippen molar-refractivity contribution in [2.45, 2.75) is 17.7 Å². The third-order valence-corrected chi connectivity index (χ3v) is 7.24. The lowest BCUT2D eigenvalue weighted by Gasteiger charge is -2.25. The van der Waals surface area contributed by atoms with Gasteiger partial charge in [-0.3, -0.25) is 4.79 Å². The molecule has 2 heterocycles. The van der Waals surface area contributed by atoms with E-state index < -0.39 is 15.1 Å². The van der Waals surface area contributed by atoms with E-state index in [2.05, 4.69) is 0 Å². The summed E-state index contributed by atoms with van der Waals surface area (Å²) in [6, 6.07) is 9.36. The molecule has 7 heteroatoms. The van der Waals surface area contributed by atoms with Gasteiger partial charge in [-0.15, -0.1) is 0 Å². The zero-order valence-corrected chi connectivity index (χ0v) is 14.9. The third kappa shape index (κ3) is 3.42. The fourth-order valence-electron chi connectivity index (χ4n) is 3.70. The van der Waals surface area contributed by atoms with Crippen LogP contribution in [0.4, 0.5) is 0 Å². The second kappa shape index (κ2) is 6.72. The Balaban J connectivity index is 1.56. The molecule has 2 aliphatic heterocycles. The van der Waals surface area contributed by atoms with Crippen molar-refractivity contribution in [2.24, 2.45) is 5.92 Å². The number of hydrogen-bond acceptors (Lipinski definition) is 5. The fourth-order valence-corrected chi connectivity index (χ4v) is 6.18. The average molecular weight is 352 g/mol. The van der Waals surface area contributed by atoms with Crippen molar-refractivity contribution < 1.29 is 17.9 Å². The van der Waals surface area contributed by atoms with E-state index in [1.54, 1.807) is 4.90 Å². The lowest BCUT2D eigenvalue weighted by Crippen LogP contribution is -2.38. The van der Waals surface area contributed by atoms with Crippen molar-refractivity contribution in [1.82, 2.24) is 9.80 Å². The van der Waals surface area contributed by atoms with Crippen LogP contribution in [-0.4, -0.2) is 75.0 Å². The van der Waals surface area contributed by atoms with Crippen LogP contribution in [0.1, 0.15) is 6.42 Å². The Bertz CT molecular complexity index is 690. The Morgan fingerprint density at radius 2 is 1.96 bits per heavy atom. The maximum atomic E-state index is 12.4. The molecule has 3 rings (SSSR count). The van der Waals surface area contributed by atoms with E-state index in [-0.39, 0.29) is 30.0 Å². The molecule has 0 saturated carbocycles. The number of nitrogens with zero attached hydrogens (tertiary/aromatic N) is 2. The van der Waals surface area contributed by atoms with Gasteiger partial charge in [-0.2, -0.15) is 0 Å². The molecule has 1 amide bonds. The number of fused-ring (bicyclic) bond motifs is 1. The minimum atomic E-state index is -3.11. The van der Waals surface area contributed by atoms with Gasteiger partial charge in [-0.25, -0.2) is 8.42 Å². The normalized spacial score (nSPS) is 28.1. The summed E-state index contributed by atoms with van der Waals surface area (Å²) in [7, 11) is 0.692. The van der Waals surface area contributed by atoms with Crippen LogP contribution < -0.4 is 4.74 Å². The Morgan fingerprint density at radius 1 is 1.25 bits per heavy atom. The summed E-state index contributed by atoms with van der Waals surface area (Å²) in [5.74, 6) is 0.921. The van der Waals surface area contributed by atoms with Crippen LogP contribution in [0.15, 0.2) is 30.3 Å². The fraction of sp³-hybridized carbons (Fsp3) is 0.588. The first-order valence-corrected chi connectivity index (χ1v) is 9.93. The molecule has 0 aromatic heterocycles. The highest BCUT2D eigenvalue weighted by Gasteiger charge is 2.53. The zero-order chi connectivity index (χ0) is 17.3. The molecule has 132 valence electrons. The van der Waals surface area contributed by atoms with Crippen molar-refractivity contribution in [3.63, 3.8) is 0 Å². The summed E-state index contributed by atoms with van der Waals surface area (Å²) in [6.45, 7) is 1.15. The van der Waals surface area contributed by atoms with Crippen molar-refractivity contribution in [2.75, 3.05) is 39.5 Å². The molecule has 24 heavy (non-hydrogen) atoms. The van der Waals surface area contributed by atoms with Crippen molar-refractivity contribution >= 4 is 15.7 Å². The van der Waals surface area contributed by atoms with E-state index in [4.69, 9.17) is 4.74 Å². The molecular weight excluding hydrogens is 328 g/mol. The number of benzene rings is 1. The number of amides is 1. The second-order valence-corrected chi connectivity index (χ2v) is 9.04. The molecular formula is C17H24N2O4S. The molecule has 2 aliphatic rings. The molecule has 0 bridgehead atoms. The number of para-hydroxylation sites is 1. The summed E-state index contributed by atoms with van der Waals surface area (Å²) >= 11 is 0. The van der Waals surface area contributed by atoms with Crippen LogP contribution in [0.2, 0.25) is 0 Å². The number of carbonyl (C=O) groups excluding carboxylic acids is 1. The Labute approximate surface area is 143 Å². The van der Waals surface area contributed by atoms with Crippen LogP contribution in [0, 0.1) is 5.92 Å². The summed E-state index contributed by atoms with van der Waals surface area (Å²) in [5, 5.41) is -0.413. The van der Waals surface area contributed by atoms with Crippen LogP contribution in [0.3, 0.4) is 0 Å². The summed E-state index contributed by atoms with van der Waals surface area (Å²) < 4.78 is 30.2. The number of rotatable bonds is 5. The largest absolute Gasteiger partial charge is 0.493 e. The van der Waals surface area contributed by atoms with Crippen LogP contribution >= 0.6 is 0 Å². The Morgan fingerprint density at radius 3 is 2.62 bits per heavy atom. The third-order valence-electron chi connectivity index (χ3n) is 5.01. The van der Waals surface area contributed by atoms with E-state index in [1.807, 2.05) is 49.3 Å². The second-order valence-electron chi connectivity index (χ2n) is 6.77. The maximum Gasteiger partial charge on any atom is 0.226 e. The number of likely N-dealkylation sites (tertiary alicyclic amines) is 1. The molecule has 2 saturated heterocycles. The highest BCUT2D eigenvalue weighted by molar-refractivity contribution is 7.92. The molecule has 0 aliphatic carbocycles. The number of sulfone groups is 1. The minimum Gasteiger partial charge on any atom is -0.493 e. The van der Waals surface area contributed by atoms with Gasteiger partial charge in [0, 0.05) is 25.0 Å². The Hall–Kier alpha value is -1.60. The quantitative estimate of drug-likeness (QED) is 0.778. The van der Waals surface area contributed by atoms with Gasteiger partial charge >= 0.3 is 0 Å². The van der Waals surface area contributed by atoms with E-state index in [0.717, 1.165) is 5.75 Å². The minimum absolute atomic E-state index is 0.00151. The lowest BCUT2D eigenvalue weighted by molar-refractivity contribution is -0.130. The van der Waals surface area contributed by atoms with E-state index in [1.165, 1.54) is 0 Å². The van der Waals surface area contributed by atoms with Gasteiger partial charge < -0.3 is 14.5 Å². The smallest absolute Gasteiger partial charge is 0.226 e. The SMILES string of the molecule is CN(C)[C@@H]1CS(=O)(=O)[C@H]2CN(C(=O)CCOc3ccccc3)C[C@@H]12. The van der Waals surface area contributed by atoms with E-state index >= 15 is 0 Å². The molecule has 0 radical (unpaired) electrons. The van der Waals surface area contributed by atoms with Crippen molar-refractivity contribution in [1.29, 1.82) is 0 Å². The van der Waals surface area contributed by atoms with Crippen LogP contribution in [0.5, 0.6) is 5.75 Å². The van der Waals surface area contributed by atoms with Gasteiger partial charge in [0.1, 0.15) is 5.75 Å². The molecule has 1 aromatic rings. The molecule has 1 aromatic carbocycles. The van der Waals surface area contributed by atoms with Gasteiger partial charge in [0.2, 0.25) is 5.91 Å². The number of hydrogen-bond donors (Lipinski definition) is 0. The molecule has 0 unspecified atom stereocenters.